The van der Waals surface area contributed by atoms with Gasteiger partial charge in [-0.3, -0.25) is 9.36 Å². The van der Waals surface area contributed by atoms with Crippen molar-refractivity contribution in [1.82, 2.24) is 14.8 Å². The van der Waals surface area contributed by atoms with Crippen LogP contribution in [-0.4, -0.2) is 34.8 Å². The molecule has 11 heteroatoms. The van der Waals surface area contributed by atoms with Crippen LogP contribution in [0.3, 0.4) is 0 Å². The van der Waals surface area contributed by atoms with E-state index in [0.29, 0.717) is 29.0 Å². The van der Waals surface area contributed by atoms with Crippen LogP contribution in [0.1, 0.15) is 0 Å². The second-order valence-corrected chi connectivity index (χ2v) is 9.26. The lowest BCUT2D eigenvalue weighted by Gasteiger charge is -2.07. The largest absolute Gasteiger partial charge is 0.453 e. The zero-order valence-corrected chi connectivity index (χ0v) is 18.4. The Morgan fingerprint density at radius 2 is 1.94 bits per heavy atom. The molecule has 0 atom stereocenters. The Kier molecular flexibility index (Phi) is 6.12. The minimum Gasteiger partial charge on any atom is -0.453 e. The van der Waals surface area contributed by atoms with Gasteiger partial charge in [-0.2, -0.15) is 0 Å². The molecular weight excluding hydrogens is 450 g/mol. The van der Waals surface area contributed by atoms with Gasteiger partial charge in [-0.05, 0) is 36.4 Å². The van der Waals surface area contributed by atoms with Crippen molar-refractivity contribution in [2.24, 2.45) is 5.14 Å². The van der Waals surface area contributed by atoms with Gasteiger partial charge >= 0.3 is 0 Å². The Hall–Kier alpha value is -3.41. The Labute approximate surface area is 188 Å². The lowest BCUT2D eigenvalue weighted by atomic mass is 10.2. The van der Waals surface area contributed by atoms with Crippen molar-refractivity contribution < 1.29 is 17.6 Å². The number of carbonyl (C=O) groups excluding carboxylic acids is 1. The van der Waals surface area contributed by atoms with Crippen molar-refractivity contribution in [2.75, 3.05) is 11.1 Å². The summed E-state index contributed by atoms with van der Waals surface area (Å²) >= 11 is 1.22. The van der Waals surface area contributed by atoms with Crippen LogP contribution in [0.4, 0.5) is 5.69 Å². The lowest BCUT2D eigenvalue weighted by molar-refractivity contribution is -0.113. The van der Waals surface area contributed by atoms with E-state index in [1.54, 1.807) is 6.08 Å². The molecule has 0 aliphatic carbocycles. The molecule has 32 heavy (non-hydrogen) atoms. The summed E-state index contributed by atoms with van der Waals surface area (Å²) < 4.78 is 30.4. The maximum absolute atomic E-state index is 12.4. The van der Waals surface area contributed by atoms with E-state index in [2.05, 4.69) is 22.1 Å². The van der Waals surface area contributed by atoms with Crippen LogP contribution < -0.4 is 10.5 Å². The number of amides is 1. The monoisotopic (exact) mass is 469 g/mol. The quantitative estimate of drug-likeness (QED) is 0.299. The van der Waals surface area contributed by atoms with Crippen LogP contribution in [0, 0.1) is 0 Å². The van der Waals surface area contributed by atoms with E-state index < -0.39 is 10.0 Å². The number of benzene rings is 2. The summed E-state index contributed by atoms with van der Waals surface area (Å²) in [5.41, 5.74) is 1.20. The van der Waals surface area contributed by atoms with E-state index in [1.807, 2.05) is 34.9 Å². The minimum atomic E-state index is -3.78. The van der Waals surface area contributed by atoms with Crippen LogP contribution >= 0.6 is 11.8 Å². The molecule has 2 aromatic carbocycles. The summed E-state index contributed by atoms with van der Waals surface area (Å²) in [6.07, 6.45) is 1.71. The number of hydrogen-bond acceptors (Lipinski definition) is 7. The first kappa shape index (κ1) is 21.8. The molecule has 0 bridgehead atoms. The van der Waals surface area contributed by atoms with Gasteiger partial charge in [-0.1, -0.05) is 36.0 Å². The summed E-state index contributed by atoms with van der Waals surface area (Å²) in [6, 6.07) is 15.2. The van der Waals surface area contributed by atoms with Crippen molar-refractivity contribution in [3.05, 3.63) is 67.3 Å². The van der Waals surface area contributed by atoms with Gasteiger partial charge < -0.3 is 9.73 Å². The van der Waals surface area contributed by atoms with Crippen LogP contribution in [0.5, 0.6) is 0 Å². The summed E-state index contributed by atoms with van der Waals surface area (Å²) in [4.78, 5) is 12.3. The zero-order valence-electron chi connectivity index (χ0n) is 16.8. The highest BCUT2D eigenvalue weighted by Gasteiger charge is 2.18. The van der Waals surface area contributed by atoms with E-state index in [0.717, 1.165) is 11.0 Å². The SMILES string of the molecule is C=CCn1c(SCC(=O)Nc2ccc(S(N)(=O)=O)cc2)nnc1-c1cc2ccccc2o1. The van der Waals surface area contributed by atoms with Crippen molar-refractivity contribution in [2.45, 2.75) is 16.6 Å². The van der Waals surface area contributed by atoms with Crippen molar-refractivity contribution in [1.29, 1.82) is 0 Å². The molecule has 4 rings (SSSR count). The van der Waals surface area contributed by atoms with E-state index >= 15 is 0 Å². The molecule has 2 aromatic heterocycles. The molecule has 4 aromatic rings. The van der Waals surface area contributed by atoms with Crippen LogP contribution in [-0.2, 0) is 21.4 Å². The molecule has 0 saturated carbocycles. The Morgan fingerprint density at radius 1 is 1.19 bits per heavy atom. The fourth-order valence-electron chi connectivity index (χ4n) is 3.02. The first-order valence-electron chi connectivity index (χ1n) is 9.44. The van der Waals surface area contributed by atoms with Gasteiger partial charge in [0, 0.05) is 17.6 Å². The summed E-state index contributed by atoms with van der Waals surface area (Å²) in [6.45, 7) is 4.23. The highest BCUT2D eigenvalue weighted by molar-refractivity contribution is 7.99. The number of fused-ring (bicyclic) bond motifs is 1. The maximum Gasteiger partial charge on any atom is 0.238 e. The van der Waals surface area contributed by atoms with Gasteiger partial charge in [0.25, 0.3) is 0 Å². The van der Waals surface area contributed by atoms with Gasteiger partial charge in [0.2, 0.25) is 21.8 Å². The average Bonchev–Trinajstić information content (AvgIpc) is 3.36. The van der Waals surface area contributed by atoms with Gasteiger partial charge in [-0.15, -0.1) is 16.8 Å². The predicted octanol–water partition coefficient (Wildman–Crippen LogP) is 3.26. The van der Waals surface area contributed by atoms with Crippen LogP contribution in [0.2, 0.25) is 0 Å². The van der Waals surface area contributed by atoms with E-state index in [9.17, 15) is 13.2 Å². The molecule has 0 radical (unpaired) electrons. The molecule has 0 fully saturated rings. The first-order chi connectivity index (χ1) is 15.3. The first-order valence-corrected chi connectivity index (χ1v) is 12.0. The number of rotatable bonds is 8. The number of thioether (sulfide) groups is 1. The number of nitrogens with zero attached hydrogens (tertiary/aromatic N) is 3. The molecule has 9 nitrogen and oxygen atoms in total. The molecule has 0 saturated heterocycles. The number of furan rings is 1. The van der Waals surface area contributed by atoms with Gasteiger partial charge in [0.15, 0.2) is 10.9 Å². The predicted molar refractivity (Wildman–Crippen MR) is 123 cm³/mol. The van der Waals surface area contributed by atoms with E-state index in [4.69, 9.17) is 9.56 Å². The third-order valence-electron chi connectivity index (χ3n) is 4.47. The highest BCUT2D eigenvalue weighted by atomic mass is 32.2. The second kappa shape index (κ2) is 8.99. The van der Waals surface area contributed by atoms with Crippen molar-refractivity contribution in [3.63, 3.8) is 0 Å². The number of sulfonamides is 1. The molecule has 164 valence electrons. The topological polar surface area (TPSA) is 133 Å². The Balaban J connectivity index is 1.47. The van der Waals surface area contributed by atoms with Gasteiger partial charge in [0.1, 0.15) is 5.58 Å². The summed E-state index contributed by atoms with van der Waals surface area (Å²) in [7, 11) is -3.78. The molecule has 2 heterocycles. The van der Waals surface area contributed by atoms with E-state index in [1.165, 1.54) is 36.0 Å². The molecule has 0 unspecified atom stereocenters. The summed E-state index contributed by atoms with van der Waals surface area (Å²) in [5.74, 6) is 0.915. The fraction of sp³-hybridized carbons (Fsp3) is 0.0952. The van der Waals surface area contributed by atoms with Gasteiger partial charge in [0.05, 0.1) is 10.6 Å². The minimum absolute atomic E-state index is 0.0273. The number of allylic oxidation sites excluding steroid dienone is 1. The standard InChI is InChI=1S/C21H19N5O4S2/c1-2-11-26-20(18-12-14-5-3-4-6-17(14)30-18)24-25-21(26)31-13-19(27)23-15-7-9-16(10-8-15)32(22,28)29/h2-10,12H,1,11,13H2,(H,23,27)(H2,22,28,29). The average molecular weight is 470 g/mol. The number of hydrogen-bond donors (Lipinski definition) is 2. The van der Waals surface area contributed by atoms with Gasteiger partial charge in [-0.25, -0.2) is 13.6 Å². The second-order valence-electron chi connectivity index (χ2n) is 6.76. The Morgan fingerprint density at radius 3 is 2.62 bits per heavy atom. The molecule has 0 aliphatic rings. The van der Waals surface area contributed by atoms with Crippen LogP contribution in [0.25, 0.3) is 22.6 Å². The molecule has 3 N–H and O–H groups in total. The van der Waals surface area contributed by atoms with Crippen LogP contribution in [0.15, 0.2) is 81.7 Å². The fourth-order valence-corrected chi connectivity index (χ4v) is 4.28. The third kappa shape index (κ3) is 4.74. The number of nitrogens with one attached hydrogen (secondary N) is 1. The number of primary sulfonamides is 1. The number of nitrogens with two attached hydrogens (primary N) is 1. The number of para-hydroxylation sites is 1. The normalized spacial score (nSPS) is 11.5. The smallest absolute Gasteiger partial charge is 0.238 e. The zero-order chi connectivity index (χ0) is 22.7. The van der Waals surface area contributed by atoms with Crippen molar-refractivity contribution in [3.8, 4) is 11.6 Å². The Bertz CT molecular complexity index is 1360. The lowest BCUT2D eigenvalue weighted by Crippen LogP contribution is -2.15. The number of aromatic nitrogens is 3. The highest BCUT2D eigenvalue weighted by Crippen LogP contribution is 2.29. The number of carbonyl (C=O) groups is 1. The molecule has 0 spiro atoms. The maximum atomic E-state index is 12.4. The molecule has 1 amide bonds. The molecular formula is C21H19N5O4S2. The third-order valence-corrected chi connectivity index (χ3v) is 6.37. The summed E-state index contributed by atoms with van der Waals surface area (Å²) in [5, 5.41) is 17.7. The number of anilines is 1. The van der Waals surface area contributed by atoms with E-state index in [-0.39, 0.29) is 16.6 Å². The molecule has 0 aliphatic heterocycles. The van der Waals surface area contributed by atoms with Crippen molar-refractivity contribution >= 4 is 44.3 Å².